The van der Waals surface area contributed by atoms with Gasteiger partial charge in [0.2, 0.25) is 0 Å². The molecule has 5 N–H and O–H groups in total. The van der Waals surface area contributed by atoms with Gasteiger partial charge in [-0.3, -0.25) is 4.99 Å². The van der Waals surface area contributed by atoms with Crippen molar-refractivity contribution in [3.63, 3.8) is 0 Å². The number of hydrogen-bond acceptors (Lipinski definition) is 7. The number of benzene rings is 1. The molecule has 0 saturated heterocycles. The molecule has 2 aromatic rings. The second-order valence-electron chi connectivity index (χ2n) is 6.85. The van der Waals surface area contributed by atoms with Gasteiger partial charge in [0, 0.05) is 11.8 Å². The molecule has 8 heteroatoms. The lowest BCUT2D eigenvalue weighted by atomic mass is 9.89. The molecule has 3 rings (SSSR count). The first-order valence-electron chi connectivity index (χ1n) is 9.61. The van der Waals surface area contributed by atoms with E-state index < -0.39 is 12.7 Å². The lowest BCUT2D eigenvalue weighted by Gasteiger charge is -2.17. The minimum absolute atomic E-state index is 0.165. The average molecular weight is 402 g/mol. The summed E-state index contributed by atoms with van der Waals surface area (Å²) in [5.74, 6) is -0.308. The van der Waals surface area contributed by atoms with Crippen LogP contribution >= 0.6 is 0 Å². The van der Waals surface area contributed by atoms with Crippen LogP contribution in [0, 0.1) is 0 Å². The third-order valence-electron chi connectivity index (χ3n) is 5.12. The van der Waals surface area contributed by atoms with E-state index in [0.29, 0.717) is 39.2 Å². The van der Waals surface area contributed by atoms with Gasteiger partial charge in [0.1, 0.15) is 12.4 Å². The highest BCUT2D eigenvalue weighted by Gasteiger charge is 2.35. The van der Waals surface area contributed by atoms with Crippen molar-refractivity contribution in [3.8, 4) is 11.1 Å². The third-order valence-corrected chi connectivity index (χ3v) is 5.12. The number of aromatic amines is 1. The molecule has 0 spiro atoms. The number of hydrogen-bond donors (Lipinski definition) is 5. The van der Waals surface area contributed by atoms with Crippen LogP contribution in [0.15, 0.2) is 17.1 Å². The topological polar surface area (TPSA) is 135 Å². The lowest BCUT2D eigenvalue weighted by molar-refractivity contribution is 0.0519. The summed E-state index contributed by atoms with van der Waals surface area (Å²) in [4.78, 5) is 19.5. The number of carbonyl (C=O) groups is 1. The number of rotatable bonds is 9. The molecule has 0 bridgehead atoms. The van der Waals surface area contributed by atoms with Crippen LogP contribution in [-0.4, -0.2) is 50.9 Å². The molecular weight excluding hydrogens is 376 g/mol. The molecule has 1 heterocycles. The Labute approximate surface area is 168 Å². The van der Waals surface area contributed by atoms with E-state index in [1.165, 1.54) is 6.21 Å². The Hall–Kier alpha value is -2.52. The van der Waals surface area contributed by atoms with Crippen LogP contribution < -0.4 is 0 Å². The first-order valence-corrected chi connectivity index (χ1v) is 9.61. The molecule has 1 saturated carbocycles. The molecule has 156 valence electrons. The van der Waals surface area contributed by atoms with Crippen molar-refractivity contribution >= 4 is 12.2 Å². The highest BCUT2D eigenvalue weighted by Crippen LogP contribution is 2.48. The second kappa shape index (κ2) is 9.32. The van der Waals surface area contributed by atoms with Gasteiger partial charge in [-0.1, -0.05) is 12.1 Å². The monoisotopic (exact) mass is 402 g/mol. The maximum atomic E-state index is 12.6. The summed E-state index contributed by atoms with van der Waals surface area (Å²) in [6.07, 6.45) is 3.29. The van der Waals surface area contributed by atoms with Crippen molar-refractivity contribution in [1.29, 1.82) is 0 Å². The van der Waals surface area contributed by atoms with Crippen molar-refractivity contribution in [2.75, 3.05) is 13.3 Å². The molecule has 0 aliphatic heterocycles. The van der Waals surface area contributed by atoms with E-state index in [0.717, 1.165) is 18.4 Å². The van der Waals surface area contributed by atoms with Crippen LogP contribution in [0.3, 0.4) is 0 Å². The molecule has 29 heavy (non-hydrogen) atoms. The van der Waals surface area contributed by atoms with E-state index in [1.54, 1.807) is 19.1 Å². The summed E-state index contributed by atoms with van der Waals surface area (Å²) in [5, 5.41) is 38.6. The third kappa shape index (κ3) is 4.11. The van der Waals surface area contributed by atoms with E-state index >= 15 is 0 Å². The summed E-state index contributed by atoms with van der Waals surface area (Å²) in [6.45, 7) is 0.604. The first-order chi connectivity index (χ1) is 14.1. The quantitative estimate of drug-likeness (QED) is 0.319. The van der Waals surface area contributed by atoms with Gasteiger partial charge in [-0.05, 0) is 53.5 Å². The SMILES string of the molecule is CCOC(=O)c1[nH]c(C=NCO)c(-c2ccc(CO)c(CO)c2CO)c1C1CC1. The standard InChI is InChI=1S/C21H26N2O6/c1-2-29-21(28)20-18(12-3-4-12)19(17(23-20)7-22-11-27)14-6-5-13(8-24)15(9-25)16(14)10-26/h5-7,12,23-27H,2-4,8-11H2,1H3. The number of nitrogens with one attached hydrogen (secondary N) is 1. The Bertz CT molecular complexity index is 914. The zero-order valence-corrected chi connectivity index (χ0v) is 16.3. The van der Waals surface area contributed by atoms with E-state index in [4.69, 9.17) is 9.84 Å². The van der Waals surface area contributed by atoms with Gasteiger partial charge in [0.15, 0.2) is 0 Å². The molecule has 8 nitrogen and oxygen atoms in total. The molecule has 1 aromatic carbocycles. The Morgan fingerprint density at radius 2 is 1.90 bits per heavy atom. The fourth-order valence-corrected chi connectivity index (χ4v) is 3.70. The Morgan fingerprint density at radius 3 is 2.45 bits per heavy atom. The predicted molar refractivity (Wildman–Crippen MR) is 107 cm³/mol. The van der Waals surface area contributed by atoms with Gasteiger partial charge < -0.3 is 30.1 Å². The number of nitrogens with zero attached hydrogens (tertiary/aromatic N) is 1. The van der Waals surface area contributed by atoms with Crippen molar-refractivity contribution < 1.29 is 30.0 Å². The number of aliphatic imine (C=N–C) groups is 1. The van der Waals surface area contributed by atoms with Gasteiger partial charge in [-0.15, -0.1) is 0 Å². The van der Waals surface area contributed by atoms with Gasteiger partial charge >= 0.3 is 5.97 Å². The Kier molecular flexibility index (Phi) is 6.81. The molecule has 0 atom stereocenters. The molecule has 1 fully saturated rings. The van der Waals surface area contributed by atoms with Crippen molar-refractivity contribution in [3.05, 3.63) is 45.8 Å². The van der Waals surface area contributed by atoms with Crippen LogP contribution in [0.4, 0.5) is 0 Å². The van der Waals surface area contributed by atoms with Crippen molar-refractivity contribution in [2.24, 2.45) is 4.99 Å². The zero-order valence-electron chi connectivity index (χ0n) is 16.3. The van der Waals surface area contributed by atoms with Gasteiger partial charge in [-0.25, -0.2) is 4.79 Å². The largest absolute Gasteiger partial charge is 0.461 e. The molecule has 1 aliphatic carbocycles. The van der Waals surface area contributed by atoms with Gasteiger partial charge in [-0.2, -0.15) is 0 Å². The number of carbonyl (C=O) groups excluding carboxylic acids is 1. The highest BCUT2D eigenvalue weighted by atomic mass is 16.5. The van der Waals surface area contributed by atoms with Crippen LogP contribution in [0.25, 0.3) is 11.1 Å². The van der Waals surface area contributed by atoms with E-state index in [9.17, 15) is 20.1 Å². The van der Waals surface area contributed by atoms with Crippen LogP contribution in [0.2, 0.25) is 0 Å². The minimum Gasteiger partial charge on any atom is -0.461 e. The number of aliphatic hydroxyl groups is 4. The fraction of sp³-hybridized carbons (Fsp3) is 0.429. The summed E-state index contributed by atoms with van der Waals surface area (Å²) in [6, 6.07) is 3.46. The van der Waals surface area contributed by atoms with Crippen LogP contribution in [-0.2, 0) is 24.6 Å². The summed E-state index contributed by atoms with van der Waals surface area (Å²) in [7, 11) is 0. The van der Waals surface area contributed by atoms with E-state index in [-0.39, 0.29) is 32.3 Å². The number of aliphatic hydroxyl groups excluding tert-OH is 4. The number of esters is 1. The molecule has 0 radical (unpaired) electrons. The Morgan fingerprint density at radius 1 is 1.17 bits per heavy atom. The lowest BCUT2D eigenvalue weighted by Crippen LogP contribution is -2.08. The predicted octanol–water partition coefficient (Wildman–Crippen LogP) is 1.58. The maximum absolute atomic E-state index is 12.6. The van der Waals surface area contributed by atoms with Crippen molar-refractivity contribution in [1.82, 2.24) is 4.98 Å². The average Bonchev–Trinajstić information content (AvgIpc) is 3.51. The van der Waals surface area contributed by atoms with Gasteiger partial charge in [0.05, 0.1) is 32.1 Å². The van der Waals surface area contributed by atoms with Crippen molar-refractivity contribution in [2.45, 2.75) is 45.5 Å². The fourth-order valence-electron chi connectivity index (χ4n) is 3.70. The van der Waals surface area contributed by atoms with Crippen LogP contribution in [0.1, 0.15) is 64.1 Å². The highest BCUT2D eigenvalue weighted by molar-refractivity contribution is 5.99. The number of aromatic nitrogens is 1. The smallest absolute Gasteiger partial charge is 0.355 e. The minimum atomic E-state index is -0.473. The summed E-state index contributed by atoms with van der Waals surface area (Å²) >= 11 is 0. The molecule has 0 unspecified atom stereocenters. The van der Waals surface area contributed by atoms with E-state index in [2.05, 4.69) is 9.98 Å². The molecular formula is C21H26N2O6. The van der Waals surface area contributed by atoms with Crippen LogP contribution in [0.5, 0.6) is 0 Å². The molecule has 0 amide bonds. The van der Waals surface area contributed by atoms with E-state index in [1.807, 2.05) is 0 Å². The maximum Gasteiger partial charge on any atom is 0.355 e. The zero-order chi connectivity index (χ0) is 21.0. The molecule has 1 aromatic heterocycles. The summed E-state index contributed by atoms with van der Waals surface area (Å²) < 4.78 is 5.21. The van der Waals surface area contributed by atoms with Gasteiger partial charge in [0.25, 0.3) is 0 Å². The summed E-state index contributed by atoms with van der Waals surface area (Å²) in [5.41, 5.74) is 4.44. The number of ether oxygens (including phenoxy) is 1. The number of H-pyrrole nitrogens is 1. The first kappa shape index (κ1) is 21.2. The normalized spacial score (nSPS) is 14.0. The second-order valence-corrected chi connectivity index (χ2v) is 6.85. The molecule has 1 aliphatic rings. The Balaban J connectivity index is 2.30.